The zero-order chi connectivity index (χ0) is 22.0. The second-order valence-electron chi connectivity index (χ2n) is 6.85. The molecule has 0 aliphatic rings. The standard InChI is InChI=1S/C22H30N4O3S/c1-4-23-21(27)19-8-6-7-18(15-19)16-26-22(24-5-2)25-14-13-17-9-11-20(12-10-17)30(3,28)29/h6-12,15H,4-5,13-14,16H2,1-3H3,(H,23,27)(H2,24,25,26). The summed E-state index contributed by atoms with van der Waals surface area (Å²) in [5.74, 6) is 0.601. The molecule has 0 fully saturated rings. The van der Waals surface area contributed by atoms with E-state index in [0.29, 0.717) is 36.1 Å². The molecule has 0 aliphatic heterocycles. The van der Waals surface area contributed by atoms with Gasteiger partial charge in [0.1, 0.15) is 0 Å². The van der Waals surface area contributed by atoms with Crippen molar-refractivity contribution in [3.8, 4) is 0 Å². The number of nitrogens with one attached hydrogen (secondary N) is 3. The molecule has 7 nitrogen and oxygen atoms in total. The Morgan fingerprint density at radius 1 is 0.933 bits per heavy atom. The van der Waals surface area contributed by atoms with Gasteiger partial charge in [-0.15, -0.1) is 0 Å². The molecule has 0 radical (unpaired) electrons. The van der Waals surface area contributed by atoms with Crippen LogP contribution in [0.2, 0.25) is 0 Å². The molecule has 0 saturated heterocycles. The van der Waals surface area contributed by atoms with E-state index < -0.39 is 9.84 Å². The monoisotopic (exact) mass is 430 g/mol. The molecule has 2 aromatic carbocycles. The Bertz CT molecular complexity index is 970. The molecule has 0 saturated carbocycles. The average Bonchev–Trinajstić information content (AvgIpc) is 2.72. The summed E-state index contributed by atoms with van der Waals surface area (Å²) in [5.41, 5.74) is 2.62. The third-order valence-electron chi connectivity index (χ3n) is 4.35. The molecule has 8 heteroatoms. The zero-order valence-electron chi connectivity index (χ0n) is 17.7. The Balaban J connectivity index is 1.95. The van der Waals surface area contributed by atoms with Crippen LogP contribution in [0, 0.1) is 0 Å². The predicted octanol–water partition coefficient (Wildman–Crippen LogP) is 2.14. The molecule has 3 N–H and O–H groups in total. The smallest absolute Gasteiger partial charge is 0.251 e. The summed E-state index contributed by atoms with van der Waals surface area (Å²) in [6, 6.07) is 14.4. The van der Waals surface area contributed by atoms with E-state index in [4.69, 9.17) is 0 Å². The second-order valence-corrected chi connectivity index (χ2v) is 8.86. The Labute approximate surface area is 178 Å². The van der Waals surface area contributed by atoms with Gasteiger partial charge in [-0.3, -0.25) is 4.79 Å². The number of carbonyl (C=O) groups is 1. The van der Waals surface area contributed by atoms with Gasteiger partial charge in [-0.25, -0.2) is 13.4 Å². The number of hydrogen-bond donors (Lipinski definition) is 3. The summed E-state index contributed by atoms with van der Waals surface area (Å²) >= 11 is 0. The van der Waals surface area contributed by atoms with E-state index in [2.05, 4.69) is 20.9 Å². The van der Waals surface area contributed by atoms with Crippen molar-refractivity contribution in [2.75, 3.05) is 25.9 Å². The fraction of sp³-hybridized carbons (Fsp3) is 0.364. The number of hydrogen-bond acceptors (Lipinski definition) is 4. The average molecular weight is 431 g/mol. The van der Waals surface area contributed by atoms with Crippen molar-refractivity contribution in [1.29, 1.82) is 0 Å². The van der Waals surface area contributed by atoms with E-state index in [0.717, 1.165) is 24.1 Å². The quantitative estimate of drug-likeness (QED) is 0.418. The highest BCUT2D eigenvalue weighted by atomic mass is 32.2. The van der Waals surface area contributed by atoms with Crippen LogP contribution in [0.15, 0.2) is 58.4 Å². The third-order valence-corrected chi connectivity index (χ3v) is 5.48. The molecule has 0 spiro atoms. The van der Waals surface area contributed by atoms with Gasteiger partial charge in [-0.05, 0) is 55.7 Å². The maximum atomic E-state index is 12.0. The Morgan fingerprint density at radius 2 is 1.63 bits per heavy atom. The number of rotatable bonds is 9. The third kappa shape index (κ3) is 7.51. The number of benzene rings is 2. The van der Waals surface area contributed by atoms with E-state index in [1.165, 1.54) is 6.26 Å². The van der Waals surface area contributed by atoms with Gasteiger partial charge < -0.3 is 16.0 Å². The fourth-order valence-corrected chi connectivity index (χ4v) is 3.44. The van der Waals surface area contributed by atoms with Gasteiger partial charge in [-0.2, -0.15) is 0 Å². The predicted molar refractivity (Wildman–Crippen MR) is 121 cm³/mol. The highest BCUT2D eigenvalue weighted by Gasteiger charge is 2.07. The van der Waals surface area contributed by atoms with Gasteiger partial charge in [0.05, 0.1) is 11.4 Å². The lowest BCUT2D eigenvalue weighted by molar-refractivity contribution is 0.0955. The van der Waals surface area contributed by atoms with E-state index >= 15 is 0 Å². The van der Waals surface area contributed by atoms with Crippen molar-refractivity contribution in [1.82, 2.24) is 16.0 Å². The van der Waals surface area contributed by atoms with Crippen LogP contribution >= 0.6 is 0 Å². The first-order valence-corrected chi connectivity index (χ1v) is 11.9. The van der Waals surface area contributed by atoms with Gasteiger partial charge in [0, 0.05) is 31.5 Å². The Kier molecular flexibility index (Phi) is 8.86. The van der Waals surface area contributed by atoms with E-state index in [1.54, 1.807) is 18.2 Å². The van der Waals surface area contributed by atoms with Gasteiger partial charge in [0.15, 0.2) is 15.8 Å². The number of aliphatic imine (C=N–C) groups is 1. The highest BCUT2D eigenvalue weighted by Crippen LogP contribution is 2.10. The van der Waals surface area contributed by atoms with Crippen molar-refractivity contribution in [2.45, 2.75) is 31.7 Å². The van der Waals surface area contributed by atoms with Gasteiger partial charge >= 0.3 is 0 Å². The van der Waals surface area contributed by atoms with Crippen LogP contribution < -0.4 is 16.0 Å². The Morgan fingerprint density at radius 3 is 2.27 bits per heavy atom. The van der Waals surface area contributed by atoms with Crippen molar-refractivity contribution in [2.24, 2.45) is 4.99 Å². The van der Waals surface area contributed by atoms with Gasteiger partial charge in [-0.1, -0.05) is 24.3 Å². The van der Waals surface area contributed by atoms with Crippen molar-refractivity contribution in [3.63, 3.8) is 0 Å². The molecular formula is C22H30N4O3S. The SMILES string of the molecule is CCNC(=O)c1cccc(CN=C(NCC)NCCc2ccc(S(C)(=O)=O)cc2)c1. The molecule has 0 aliphatic carbocycles. The summed E-state index contributed by atoms with van der Waals surface area (Å²) in [6.45, 7) is 6.31. The summed E-state index contributed by atoms with van der Waals surface area (Å²) in [4.78, 5) is 16.9. The van der Waals surface area contributed by atoms with E-state index in [-0.39, 0.29) is 5.91 Å². The molecule has 0 aromatic heterocycles. The highest BCUT2D eigenvalue weighted by molar-refractivity contribution is 7.90. The minimum Gasteiger partial charge on any atom is -0.357 e. The van der Waals surface area contributed by atoms with Crippen LogP contribution in [0.5, 0.6) is 0 Å². The van der Waals surface area contributed by atoms with Crippen LogP contribution in [0.25, 0.3) is 0 Å². The molecule has 0 bridgehead atoms. The first-order valence-electron chi connectivity index (χ1n) is 10.0. The first kappa shape index (κ1) is 23.4. The van der Waals surface area contributed by atoms with Crippen molar-refractivity contribution < 1.29 is 13.2 Å². The normalized spacial score (nSPS) is 11.8. The molecule has 30 heavy (non-hydrogen) atoms. The lowest BCUT2D eigenvalue weighted by Gasteiger charge is -2.12. The number of guanidine groups is 1. The van der Waals surface area contributed by atoms with Gasteiger partial charge in [0.25, 0.3) is 5.91 Å². The maximum absolute atomic E-state index is 12.0. The molecule has 1 amide bonds. The number of amides is 1. The minimum absolute atomic E-state index is 0.0877. The van der Waals surface area contributed by atoms with Crippen LogP contribution in [0.3, 0.4) is 0 Å². The molecule has 2 rings (SSSR count). The topological polar surface area (TPSA) is 99.7 Å². The largest absolute Gasteiger partial charge is 0.357 e. The Hall–Kier alpha value is -2.87. The molecule has 0 unspecified atom stereocenters. The lowest BCUT2D eigenvalue weighted by Crippen LogP contribution is -2.38. The minimum atomic E-state index is -3.18. The second kappa shape index (κ2) is 11.3. The van der Waals surface area contributed by atoms with Crippen molar-refractivity contribution in [3.05, 3.63) is 65.2 Å². The molecule has 0 heterocycles. The number of sulfone groups is 1. The summed E-state index contributed by atoms with van der Waals surface area (Å²) in [6.07, 6.45) is 1.94. The summed E-state index contributed by atoms with van der Waals surface area (Å²) < 4.78 is 23.1. The van der Waals surface area contributed by atoms with Crippen LogP contribution in [0.4, 0.5) is 0 Å². The molecular weight excluding hydrogens is 400 g/mol. The van der Waals surface area contributed by atoms with Crippen molar-refractivity contribution >= 4 is 21.7 Å². The summed E-state index contributed by atoms with van der Waals surface area (Å²) in [7, 11) is -3.18. The maximum Gasteiger partial charge on any atom is 0.251 e. The number of nitrogens with zero attached hydrogens (tertiary/aromatic N) is 1. The van der Waals surface area contributed by atoms with E-state index in [9.17, 15) is 13.2 Å². The zero-order valence-corrected chi connectivity index (χ0v) is 18.6. The van der Waals surface area contributed by atoms with Crippen LogP contribution in [-0.2, 0) is 22.8 Å². The molecule has 162 valence electrons. The lowest BCUT2D eigenvalue weighted by atomic mass is 10.1. The molecule has 0 atom stereocenters. The van der Waals surface area contributed by atoms with Gasteiger partial charge in [0.2, 0.25) is 0 Å². The summed E-state index contributed by atoms with van der Waals surface area (Å²) in [5, 5.41) is 9.29. The van der Waals surface area contributed by atoms with Crippen LogP contribution in [-0.4, -0.2) is 46.2 Å². The fourth-order valence-electron chi connectivity index (χ4n) is 2.81. The van der Waals surface area contributed by atoms with Crippen LogP contribution in [0.1, 0.15) is 35.3 Å². The van der Waals surface area contributed by atoms with E-state index in [1.807, 2.05) is 44.2 Å². The number of carbonyl (C=O) groups excluding carboxylic acids is 1. The molecule has 2 aromatic rings. The first-order chi connectivity index (χ1) is 14.3.